The Labute approximate surface area is 124 Å². The Morgan fingerprint density at radius 3 is 2.71 bits per heavy atom. The van der Waals surface area contributed by atoms with Crippen molar-refractivity contribution >= 4 is 34.7 Å². The first-order valence-corrected chi connectivity index (χ1v) is 6.23. The molecule has 2 aromatic rings. The molecule has 1 aromatic heterocycles. The molecule has 2 rings (SSSR count). The number of rotatable bonds is 3. The van der Waals surface area contributed by atoms with Crippen molar-refractivity contribution in [1.82, 2.24) is 4.98 Å². The van der Waals surface area contributed by atoms with Crippen LogP contribution >= 0.6 is 11.6 Å². The number of nitrogens with zero attached hydrogens (tertiary/aromatic N) is 2. The summed E-state index contributed by atoms with van der Waals surface area (Å²) in [6.07, 6.45) is 1.30. The summed E-state index contributed by atoms with van der Waals surface area (Å²) in [5, 5.41) is 13.5. The van der Waals surface area contributed by atoms with E-state index < -0.39 is 10.8 Å². The number of pyridine rings is 1. The molecule has 0 aliphatic carbocycles. The minimum absolute atomic E-state index is 0.00908. The van der Waals surface area contributed by atoms with E-state index in [1.165, 1.54) is 30.5 Å². The number of benzene rings is 1. The van der Waals surface area contributed by atoms with Crippen molar-refractivity contribution in [3.63, 3.8) is 0 Å². The quantitative estimate of drug-likeness (QED) is 0.669. The zero-order chi connectivity index (χ0) is 15.6. The van der Waals surface area contributed by atoms with Crippen LogP contribution in [0.1, 0.15) is 15.9 Å². The first-order valence-electron chi connectivity index (χ1n) is 5.86. The highest BCUT2D eigenvalue weighted by Gasteiger charge is 2.13. The van der Waals surface area contributed by atoms with Gasteiger partial charge in [0.25, 0.3) is 11.6 Å². The molecule has 0 saturated carbocycles. The number of carbonyl (C=O) groups excluding carboxylic acids is 1. The maximum absolute atomic E-state index is 12.0. The summed E-state index contributed by atoms with van der Waals surface area (Å²) < 4.78 is 0. The fourth-order valence-electron chi connectivity index (χ4n) is 1.71. The van der Waals surface area contributed by atoms with Gasteiger partial charge in [0.15, 0.2) is 0 Å². The van der Waals surface area contributed by atoms with E-state index in [4.69, 9.17) is 17.3 Å². The largest absolute Gasteiger partial charge is 0.382 e. The number of carbonyl (C=O) groups is 1. The van der Waals surface area contributed by atoms with Crippen LogP contribution in [-0.2, 0) is 0 Å². The third kappa shape index (κ3) is 3.26. The van der Waals surface area contributed by atoms with Gasteiger partial charge in [-0.3, -0.25) is 14.9 Å². The number of aryl methyl sites for hydroxylation is 1. The molecule has 7 nitrogen and oxygen atoms in total. The predicted octanol–water partition coefficient (Wildman–Crippen LogP) is 2.79. The summed E-state index contributed by atoms with van der Waals surface area (Å²) in [4.78, 5) is 26.1. The summed E-state index contributed by atoms with van der Waals surface area (Å²) >= 11 is 5.80. The molecule has 21 heavy (non-hydrogen) atoms. The number of anilines is 2. The molecule has 0 fully saturated rings. The van der Waals surface area contributed by atoms with Crippen LogP contribution in [-0.4, -0.2) is 15.8 Å². The fraction of sp³-hybridized carbons (Fsp3) is 0.0769. The minimum Gasteiger partial charge on any atom is -0.382 e. The molecule has 0 unspecified atom stereocenters. The van der Waals surface area contributed by atoms with Gasteiger partial charge in [-0.15, -0.1) is 0 Å². The lowest BCUT2D eigenvalue weighted by molar-refractivity contribution is -0.385. The van der Waals surface area contributed by atoms with Crippen LogP contribution < -0.4 is 11.1 Å². The third-order valence-corrected chi connectivity index (χ3v) is 3.09. The summed E-state index contributed by atoms with van der Waals surface area (Å²) in [5.41, 5.74) is 6.59. The van der Waals surface area contributed by atoms with Crippen molar-refractivity contribution in [3.05, 3.63) is 56.7 Å². The minimum atomic E-state index is -0.482. The Balaban J connectivity index is 2.21. The number of hydrogen-bond donors (Lipinski definition) is 2. The second kappa shape index (κ2) is 5.76. The highest BCUT2D eigenvalue weighted by atomic mass is 35.5. The van der Waals surface area contributed by atoms with Gasteiger partial charge in [-0.25, -0.2) is 4.98 Å². The third-order valence-electron chi connectivity index (χ3n) is 2.78. The van der Waals surface area contributed by atoms with Gasteiger partial charge in [-0.2, -0.15) is 0 Å². The van der Waals surface area contributed by atoms with Crippen LogP contribution in [0.2, 0.25) is 5.02 Å². The van der Waals surface area contributed by atoms with Gasteiger partial charge in [0, 0.05) is 23.5 Å². The molecule has 0 radical (unpaired) electrons. The molecule has 1 aromatic carbocycles. The van der Waals surface area contributed by atoms with Gasteiger partial charge in [-0.1, -0.05) is 11.6 Å². The van der Waals surface area contributed by atoms with E-state index in [9.17, 15) is 14.9 Å². The average Bonchev–Trinajstić information content (AvgIpc) is 2.41. The Kier molecular flexibility index (Phi) is 4.04. The zero-order valence-corrected chi connectivity index (χ0v) is 11.7. The summed E-state index contributed by atoms with van der Waals surface area (Å²) in [5.74, 6) is -0.294. The van der Waals surface area contributed by atoms with Crippen LogP contribution in [0.3, 0.4) is 0 Å². The second-order valence-corrected chi connectivity index (χ2v) is 4.71. The highest BCUT2D eigenvalue weighted by Crippen LogP contribution is 2.22. The van der Waals surface area contributed by atoms with Crippen LogP contribution in [0.15, 0.2) is 30.5 Å². The van der Waals surface area contributed by atoms with Crippen molar-refractivity contribution in [3.8, 4) is 0 Å². The molecule has 0 bridgehead atoms. The first kappa shape index (κ1) is 14.7. The number of nitrogens with two attached hydrogens (primary N) is 1. The standard InChI is InChI=1S/C13H11ClN4O3/c1-7-4-9(2-3-11(7)18(20)21)17-13(19)8-5-10(14)12(15)16-6-8/h2-6H,1H3,(H2,15,16)(H,17,19). The molecule has 8 heteroatoms. The molecule has 0 spiro atoms. The van der Waals surface area contributed by atoms with Crippen LogP contribution in [0.25, 0.3) is 0 Å². The van der Waals surface area contributed by atoms with Crippen molar-refractivity contribution in [2.75, 3.05) is 11.1 Å². The summed E-state index contributed by atoms with van der Waals surface area (Å²) in [7, 11) is 0. The molecule has 1 amide bonds. The second-order valence-electron chi connectivity index (χ2n) is 4.30. The number of aromatic nitrogens is 1. The predicted molar refractivity (Wildman–Crippen MR) is 79.4 cm³/mol. The average molecular weight is 307 g/mol. The molecule has 108 valence electrons. The number of nitro benzene ring substituents is 1. The lowest BCUT2D eigenvalue weighted by Gasteiger charge is -2.07. The van der Waals surface area contributed by atoms with Crippen LogP contribution in [0, 0.1) is 17.0 Å². The lowest BCUT2D eigenvalue weighted by Crippen LogP contribution is -2.13. The number of nitrogens with one attached hydrogen (secondary N) is 1. The van der Waals surface area contributed by atoms with Crippen molar-refractivity contribution in [2.45, 2.75) is 6.92 Å². The van der Waals surface area contributed by atoms with Gasteiger partial charge in [0.1, 0.15) is 5.82 Å². The molecule has 0 atom stereocenters. The van der Waals surface area contributed by atoms with Crippen LogP contribution in [0.5, 0.6) is 0 Å². The first-order chi connectivity index (χ1) is 9.88. The van der Waals surface area contributed by atoms with Gasteiger partial charge in [0.05, 0.1) is 15.5 Å². The topological polar surface area (TPSA) is 111 Å². The Hall–Kier alpha value is -2.67. The highest BCUT2D eigenvalue weighted by molar-refractivity contribution is 6.33. The van der Waals surface area contributed by atoms with E-state index in [0.717, 1.165) is 0 Å². The van der Waals surface area contributed by atoms with Crippen molar-refractivity contribution in [1.29, 1.82) is 0 Å². The maximum Gasteiger partial charge on any atom is 0.272 e. The fourth-order valence-corrected chi connectivity index (χ4v) is 1.88. The summed E-state index contributed by atoms with van der Waals surface area (Å²) in [6.45, 7) is 1.59. The number of nitro groups is 1. The monoisotopic (exact) mass is 306 g/mol. The number of nitrogen functional groups attached to an aromatic ring is 1. The number of hydrogen-bond acceptors (Lipinski definition) is 5. The maximum atomic E-state index is 12.0. The van der Waals surface area contributed by atoms with Crippen LogP contribution in [0.4, 0.5) is 17.2 Å². The molecular formula is C13H11ClN4O3. The lowest BCUT2D eigenvalue weighted by atomic mass is 10.1. The number of halogens is 1. The van der Waals surface area contributed by atoms with Crippen molar-refractivity contribution < 1.29 is 9.72 Å². The van der Waals surface area contributed by atoms with Gasteiger partial charge in [0.2, 0.25) is 0 Å². The van der Waals surface area contributed by atoms with Gasteiger partial charge < -0.3 is 11.1 Å². The van der Waals surface area contributed by atoms with E-state index in [0.29, 0.717) is 11.3 Å². The molecule has 0 saturated heterocycles. The SMILES string of the molecule is Cc1cc(NC(=O)c2cnc(N)c(Cl)c2)ccc1[N+](=O)[O-]. The Morgan fingerprint density at radius 2 is 2.14 bits per heavy atom. The zero-order valence-electron chi connectivity index (χ0n) is 11.0. The van der Waals surface area contributed by atoms with E-state index >= 15 is 0 Å². The smallest absolute Gasteiger partial charge is 0.272 e. The molecule has 0 aliphatic heterocycles. The van der Waals surface area contributed by atoms with E-state index in [2.05, 4.69) is 10.3 Å². The normalized spacial score (nSPS) is 10.2. The number of amides is 1. The van der Waals surface area contributed by atoms with E-state index in [1.807, 2.05) is 0 Å². The van der Waals surface area contributed by atoms with Gasteiger partial charge in [-0.05, 0) is 25.1 Å². The van der Waals surface area contributed by atoms with Crippen molar-refractivity contribution in [2.24, 2.45) is 0 Å². The van der Waals surface area contributed by atoms with E-state index in [1.54, 1.807) is 6.92 Å². The molecule has 1 heterocycles. The molecule has 0 aliphatic rings. The Bertz CT molecular complexity index is 733. The summed E-state index contributed by atoms with van der Waals surface area (Å²) in [6, 6.07) is 5.70. The van der Waals surface area contributed by atoms with E-state index in [-0.39, 0.29) is 22.1 Å². The molecular weight excluding hydrogens is 296 g/mol. The Morgan fingerprint density at radius 1 is 1.43 bits per heavy atom. The molecule has 3 N–H and O–H groups in total. The van der Waals surface area contributed by atoms with Gasteiger partial charge >= 0.3 is 0 Å².